The SMILES string of the molecule is CCCCONc1nc(=O)n([C@@H]2O[C@H](C)[C@@H](O)[C@H]2O)cc1F. The van der Waals surface area contributed by atoms with Crippen LogP contribution in [0, 0.1) is 5.82 Å². The Morgan fingerprint density at radius 2 is 2.23 bits per heavy atom. The second-order valence-corrected chi connectivity index (χ2v) is 5.14. The Balaban J connectivity index is 2.15. The zero-order valence-electron chi connectivity index (χ0n) is 12.4. The molecule has 4 atom stereocenters. The highest BCUT2D eigenvalue weighted by Crippen LogP contribution is 2.28. The number of hydrogen-bond donors (Lipinski definition) is 3. The second-order valence-electron chi connectivity index (χ2n) is 5.14. The highest BCUT2D eigenvalue weighted by Gasteiger charge is 2.42. The summed E-state index contributed by atoms with van der Waals surface area (Å²) in [6, 6.07) is 0. The Kier molecular flexibility index (Phi) is 5.46. The minimum atomic E-state index is -1.34. The molecule has 124 valence electrons. The van der Waals surface area contributed by atoms with Crippen LogP contribution in [0.3, 0.4) is 0 Å². The molecule has 1 fully saturated rings. The predicted molar refractivity (Wildman–Crippen MR) is 74.5 cm³/mol. The molecule has 0 bridgehead atoms. The summed E-state index contributed by atoms with van der Waals surface area (Å²) in [6.07, 6.45) is -1.80. The number of ether oxygens (including phenoxy) is 1. The number of aliphatic hydroxyl groups excluding tert-OH is 2. The van der Waals surface area contributed by atoms with Gasteiger partial charge in [0, 0.05) is 0 Å². The lowest BCUT2D eigenvalue weighted by Gasteiger charge is -2.17. The van der Waals surface area contributed by atoms with Crippen LogP contribution in [0.2, 0.25) is 0 Å². The molecule has 1 aliphatic heterocycles. The van der Waals surface area contributed by atoms with Gasteiger partial charge in [0.25, 0.3) is 0 Å². The van der Waals surface area contributed by atoms with Gasteiger partial charge in [0.1, 0.15) is 12.2 Å². The monoisotopic (exact) mass is 317 g/mol. The topological polar surface area (TPSA) is 106 Å². The first-order chi connectivity index (χ1) is 10.5. The van der Waals surface area contributed by atoms with Gasteiger partial charge >= 0.3 is 5.69 Å². The smallest absolute Gasteiger partial charge is 0.351 e. The summed E-state index contributed by atoms with van der Waals surface area (Å²) in [6.45, 7) is 3.88. The summed E-state index contributed by atoms with van der Waals surface area (Å²) >= 11 is 0. The van der Waals surface area contributed by atoms with Crippen molar-refractivity contribution in [1.29, 1.82) is 0 Å². The molecule has 1 saturated heterocycles. The third-order valence-electron chi connectivity index (χ3n) is 3.43. The lowest BCUT2D eigenvalue weighted by Crippen LogP contribution is -2.36. The number of hydrogen-bond acceptors (Lipinski definition) is 7. The lowest BCUT2D eigenvalue weighted by atomic mass is 10.1. The molecule has 2 heterocycles. The third kappa shape index (κ3) is 3.43. The largest absolute Gasteiger partial charge is 0.388 e. The van der Waals surface area contributed by atoms with Gasteiger partial charge in [-0.2, -0.15) is 4.98 Å². The van der Waals surface area contributed by atoms with Gasteiger partial charge in [-0.15, -0.1) is 0 Å². The number of aliphatic hydroxyl groups is 2. The number of nitrogens with zero attached hydrogens (tertiary/aromatic N) is 2. The number of anilines is 1. The fourth-order valence-corrected chi connectivity index (χ4v) is 2.09. The fourth-order valence-electron chi connectivity index (χ4n) is 2.09. The Morgan fingerprint density at radius 1 is 1.50 bits per heavy atom. The van der Waals surface area contributed by atoms with Crippen molar-refractivity contribution in [1.82, 2.24) is 9.55 Å². The predicted octanol–water partition coefficient (Wildman–Crippen LogP) is 0.165. The molecule has 0 unspecified atom stereocenters. The molecule has 0 aliphatic carbocycles. The molecule has 0 radical (unpaired) electrons. The maximum absolute atomic E-state index is 13.9. The molecule has 2 rings (SSSR count). The van der Waals surface area contributed by atoms with E-state index >= 15 is 0 Å². The number of nitrogens with one attached hydrogen (secondary N) is 1. The van der Waals surface area contributed by atoms with E-state index in [2.05, 4.69) is 10.5 Å². The van der Waals surface area contributed by atoms with Gasteiger partial charge in [-0.1, -0.05) is 13.3 Å². The van der Waals surface area contributed by atoms with Gasteiger partial charge in [-0.25, -0.2) is 14.7 Å². The third-order valence-corrected chi connectivity index (χ3v) is 3.43. The molecule has 0 saturated carbocycles. The maximum atomic E-state index is 13.9. The van der Waals surface area contributed by atoms with Crippen molar-refractivity contribution in [3.63, 3.8) is 0 Å². The van der Waals surface area contributed by atoms with Gasteiger partial charge in [0.05, 0.1) is 18.9 Å². The van der Waals surface area contributed by atoms with Gasteiger partial charge < -0.3 is 14.9 Å². The van der Waals surface area contributed by atoms with E-state index in [4.69, 9.17) is 9.57 Å². The van der Waals surface area contributed by atoms with Crippen molar-refractivity contribution in [2.75, 3.05) is 12.1 Å². The van der Waals surface area contributed by atoms with Crippen LogP contribution >= 0.6 is 0 Å². The first-order valence-electron chi connectivity index (χ1n) is 7.13. The van der Waals surface area contributed by atoms with Crippen LogP contribution in [0.4, 0.5) is 10.2 Å². The summed E-state index contributed by atoms with van der Waals surface area (Å²) < 4.78 is 20.0. The minimum Gasteiger partial charge on any atom is -0.388 e. The van der Waals surface area contributed by atoms with E-state index in [9.17, 15) is 19.4 Å². The van der Waals surface area contributed by atoms with Crippen LogP contribution < -0.4 is 11.2 Å². The van der Waals surface area contributed by atoms with Gasteiger partial charge in [-0.3, -0.25) is 9.40 Å². The summed E-state index contributed by atoms with van der Waals surface area (Å²) in [5.74, 6) is -1.17. The summed E-state index contributed by atoms with van der Waals surface area (Å²) in [4.78, 5) is 20.5. The summed E-state index contributed by atoms with van der Waals surface area (Å²) in [5.41, 5.74) is 1.46. The van der Waals surface area contributed by atoms with E-state index in [-0.39, 0.29) is 5.82 Å². The molecule has 0 spiro atoms. The molecule has 0 aromatic carbocycles. The summed E-state index contributed by atoms with van der Waals surface area (Å²) in [5, 5.41) is 19.5. The zero-order valence-corrected chi connectivity index (χ0v) is 12.4. The van der Waals surface area contributed by atoms with Crippen LogP contribution in [0.15, 0.2) is 11.0 Å². The summed E-state index contributed by atoms with van der Waals surface area (Å²) in [7, 11) is 0. The van der Waals surface area contributed by atoms with Crippen LogP contribution in [-0.2, 0) is 9.57 Å². The second kappa shape index (κ2) is 7.14. The van der Waals surface area contributed by atoms with Crippen LogP contribution in [0.5, 0.6) is 0 Å². The molecule has 1 aromatic rings. The number of unbranched alkanes of at least 4 members (excludes halogenated alkanes) is 1. The standard InChI is InChI=1S/C13H20FN3O5/c1-3-4-5-21-16-11-8(14)6-17(13(20)15-11)12-10(19)9(18)7(2)22-12/h6-7,9-10,12,18-19H,3-5H2,1-2H3,(H,15,16,20)/t7-,9-,10-,12-/m1/s1. The molecular formula is C13H20FN3O5. The Hall–Kier alpha value is -1.55. The molecule has 8 nitrogen and oxygen atoms in total. The van der Waals surface area contributed by atoms with Crippen molar-refractivity contribution in [3.05, 3.63) is 22.5 Å². The van der Waals surface area contributed by atoms with E-state index in [0.717, 1.165) is 23.6 Å². The Morgan fingerprint density at radius 3 is 2.82 bits per heavy atom. The normalized spacial score (nSPS) is 28.0. The average Bonchev–Trinajstić information content (AvgIpc) is 2.74. The van der Waals surface area contributed by atoms with E-state index in [1.165, 1.54) is 0 Å². The average molecular weight is 317 g/mol. The van der Waals surface area contributed by atoms with Crippen LogP contribution in [-0.4, -0.2) is 44.7 Å². The molecule has 0 amide bonds. The molecule has 9 heteroatoms. The first-order valence-corrected chi connectivity index (χ1v) is 7.13. The number of aromatic nitrogens is 2. The molecule has 1 aliphatic rings. The van der Waals surface area contributed by atoms with Gasteiger partial charge in [0.2, 0.25) is 0 Å². The van der Waals surface area contributed by atoms with Crippen LogP contribution in [0.1, 0.15) is 32.9 Å². The zero-order chi connectivity index (χ0) is 16.3. The minimum absolute atomic E-state index is 0.335. The Bertz CT molecular complexity index is 567. The van der Waals surface area contributed by atoms with Crippen molar-refractivity contribution >= 4 is 5.82 Å². The Labute approximate surface area is 126 Å². The molecular weight excluding hydrogens is 297 g/mol. The van der Waals surface area contributed by atoms with Gasteiger partial charge in [0.15, 0.2) is 17.9 Å². The van der Waals surface area contributed by atoms with Crippen molar-refractivity contribution < 1.29 is 24.2 Å². The quantitative estimate of drug-likeness (QED) is 0.507. The number of rotatable bonds is 6. The van der Waals surface area contributed by atoms with Crippen LogP contribution in [0.25, 0.3) is 0 Å². The van der Waals surface area contributed by atoms with E-state index in [1.54, 1.807) is 6.92 Å². The lowest BCUT2D eigenvalue weighted by molar-refractivity contribution is -0.0355. The van der Waals surface area contributed by atoms with Crippen molar-refractivity contribution in [2.45, 2.75) is 51.2 Å². The van der Waals surface area contributed by atoms with E-state index in [0.29, 0.717) is 6.61 Å². The van der Waals surface area contributed by atoms with Gasteiger partial charge in [-0.05, 0) is 13.3 Å². The van der Waals surface area contributed by atoms with Crippen molar-refractivity contribution in [3.8, 4) is 0 Å². The molecule has 22 heavy (non-hydrogen) atoms. The fraction of sp³-hybridized carbons (Fsp3) is 0.692. The molecule has 3 N–H and O–H groups in total. The first kappa shape index (κ1) is 16.8. The maximum Gasteiger partial charge on any atom is 0.351 e. The number of halogens is 1. The van der Waals surface area contributed by atoms with Crippen molar-refractivity contribution in [2.24, 2.45) is 0 Å². The van der Waals surface area contributed by atoms with E-state index < -0.39 is 36.0 Å². The molecule has 1 aromatic heterocycles. The van der Waals surface area contributed by atoms with E-state index in [1.807, 2.05) is 6.92 Å². The highest BCUT2D eigenvalue weighted by molar-refractivity contribution is 5.31. The highest BCUT2D eigenvalue weighted by atomic mass is 19.1.